The molecule has 0 aromatic rings. The first-order valence-corrected chi connectivity index (χ1v) is 3.67. The van der Waals surface area contributed by atoms with E-state index in [1.54, 1.807) is 0 Å². The molecule has 0 aliphatic carbocycles. The molecular formula is C7H15NO. The van der Waals surface area contributed by atoms with E-state index in [0.717, 1.165) is 13.0 Å². The van der Waals surface area contributed by atoms with Crippen molar-refractivity contribution in [3.63, 3.8) is 0 Å². The summed E-state index contributed by atoms with van der Waals surface area (Å²) in [6, 6.07) is 0.360. The molecule has 54 valence electrons. The van der Waals surface area contributed by atoms with Gasteiger partial charge in [0.05, 0.1) is 0 Å². The fourth-order valence-corrected chi connectivity index (χ4v) is 1.31. The first-order chi connectivity index (χ1) is 4.22. The van der Waals surface area contributed by atoms with Gasteiger partial charge in [0.2, 0.25) is 0 Å². The Balaban J connectivity index is 2.41. The van der Waals surface area contributed by atoms with E-state index in [1.165, 1.54) is 11.5 Å². The van der Waals surface area contributed by atoms with Crippen LogP contribution in [0.2, 0.25) is 0 Å². The number of hydroxylamine groups is 2. The Morgan fingerprint density at radius 2 is 2.11 bits per heavy atom. The summed E-state index contributed by atoms with van der Waals surface area (Å²) in [5.74, 6) is 0.656. The van der Waals surface area contributed by atoms with E-state index in [-0.39, 0.29) is 0 Å². The summed E-state index contributed by atoms with van der Waals surface area (Å²) in [4.78, 5) is 0. The van der Waals surface area contributed by atoms with Crippen LogP contribution in [0.1, 0.15) is 26.7 Å². The lowest BCUT2D eigenvalue weighted by Gasteiger charge is -2.32. The summed E-state index contributed by atoms with van der Waals surface area (Å²) in [7, 11) is 0. The van der Waals surface area contributed by atoms with Crippen LogP contribution in [0.25, 0.3) is 0 Å². The van der Waals surface area contributed by atoms with Crippen molar-refractivity contribution in [1.82, 2.24) is 5.06 Å². The molecule has 1 fully saturated rings. The minimum atomic E-state index is 0.360. The van der Waals surface area contributed by atoms with E-state index in [0.29, 0.717) is 12.0 Å². The molecule has 0 bridgehead atoms. The quantitative estimate of drug-likeness (QED) is 0.535. The molecule has 0 spiro atoms. The Morgan fingerprint density at radius 3 is 2.56 bits per heavy atom. The summed E-state index contributed by atoms with van der Waals surface area (Å²) in [6.07, 6.45) is 2.40. The Labute approximate surface area is 56.4 Å². The van der Waals surface area contributed by atoms with Crippen LogP contribution < -0.4 is 0 Å². The highest BCUT2D eigenvalue weighted by Crippen LogP contribution is 2.20. The van der Waals surface area contributed by atoms with Crippen LogP contribution in [0.4, 0.5) is 0 Å². The topological polar surface area (TPSA) is 23.5 Å². The molecular weight excluding hydrogens is 114 g/mol. The van der Waals surface area contributed by atoms with Gasteiger partial charge in [-0.15, -0.1) is 0 Å². The predicted molar refractivity (Wildman–Crippen MR) is 36.4 cm³/mol. The van der Waals surface area contributed by atoms with Gasteiger partial charge < -0.3 is 5.21 Å². The van der Waals surface area contributed by atoms with Gasteiger partial charge in [0.15, 0.2) is 0 Å². The Bertz CT molecular complexity index is 84.9. The third-order valence-corrected chi connectivity index (χ3v) is 2.34. The fourth-order valence-electron chi connectivity index (χ4n) is 1.31. The van der Waals surface area contributed by atoms with E-state index >= 15 is 0 Å². The molecule has 0 aromatic carbocycles. The van der Waals surface area contributed by atoms with Gasteiger partial charge >= 0.3 is 0 Å². The molecule has 1 rings (SSSR count). The van der Waals surface area contributed by atoms with Gasteiger partial charge in [0.1, 0.15) is 0 Å². The summed E-state index contributed by atoms with van der Waals surface area (Å²) in [5, 5.41) is 10.6. The van der Waals surface area contributed by atoms with Crippen molar-refractivity contribution in [1.29, 1.82) is 0 Å². The van der Waals surface area contributed by atoms with Crippen LogP contribution in [0.3, 0.4) is 0 Å². The van der Waals surface area contributed by atoms with Crippen LogP contribution in [0, 0.1) is 5.92 Å². The average Bonchev–Trinajstić information content (AvgIpc) is 1.83. The second kappa shape index (κ2) is 2.67. The third-order valence-electron chi connectivity index (χ3n) is 2.34. The molecule has 1 heterocycles. The van der Waals surface area contributed by atoms with Crippen LogP contribution in [-0.2, 0) is 0 Å². The standard InChI is InChI=1S/C7H15NO/c1-6-4-3-5-8(9)7(6)2/h6-7,9H,3-5H2,1-2H3. The van der Waals surface area contributed by atoms with Gasteiger partial charge in [0, 0.05) is 12.6 Å². The highest BCUT2D eigenvalue weighted by atomic mass is 16.5. The Kier molecular flexibility index (Phi) is 2.09. The van der Waals surface area contributed by atoms with Gasteiger partial charge in [-0.25, -0.2) is 0 Å². The second-order valence-electron chi connectivity index (χ2n) is 3.02. The number of nitrogens with zero attached hydrogens (tertiary/aromatic N) is 1. The highest BCUT2D eigenvalue weighted by Gasteiger charge is 2.22. The van der Waals surface area contributed by atoms with Gasteiger partial charge in [-0.2, -0.15) is 5.06 Å². The van der Waals surface area contributed by atoms with E-state index in [9.17, 15) is 5.21 Å². The number of piperidine rings is 1. The van der Waals surface area contributed by atoms with Crippen molar-refractivity contribution < 1.29 is 5.21 Å². The molecule has 9 heavy (non-hydrogen) atoms. The second-order valence-corrected chi connectivity index (χ2v) is 3.02. The van der Waals surface area contributed by atoms with Crippen molar-refractivity contribution in [3.8, 4) is 0 Å². The lowest BCUT2D eigenvalue weighted by atomic mass is 9.94. The molecule has 2 unspecified atom stereocenters. The van der Waals surface area contributed by atoms with Crippen LogP contribution in [0.5, 0.6) is 0 Å². The zero-order chi connectivity index (χ0) is 6.85. The zero-order valence-corrected chi connectivity index (χ0v) is 6.17. The van der Waals surface area contributed by atoms with Gasteiger partial charge in [-0.05, 0) is 25.7 Å². The Morgan fingerprint density at radius 1 is 1.44 bits per heavy atom. The molecule has 1 aliphatic rings. The van der Waals surface area contributed by atoms with Crippen molar-refractivity contribution >= 4 is 0 Å². The minimum absolute atomic E-state index is 0.360. The lowest BCUT2D eigenvalue weighted by molar-refractivity contribution is -0.150. The van der Waals surface area contributed by atoms with Gasteiger partial charge in [-0.3, -0.25) is 0 Å². The zero-order valence-electron chi connectivity index (χ0n) is 6.17. The lowest BCUT2D eigenvalue weighted by Crippen LogP contribution is -2.39. The highest BCUT2D eigenvalue weighted by molar-refractivity contribution is 4.72. The fraction of sp³-hybridized carbons (Fsp3) is 1.00. The molecule has 0 radical (unpaired) electrons. The average molecular weight is 129 g/mol. The maximum atomic E-state index is 9.18. The normalized spacial score (nSPS) is 39.0. The summed E-state index contributed by atoms with van der Waals surface area (Å²) >= 11 is 0. The van der Waals surface area contributed by atoms with Crippen LogP contribution >= 0.6 is 0 Å². The SMILES string of the molecule is CC1CCCN(O)C1C. The molecule has 1 saturated heterocycles. The van der Waals surface area contributed by atoms with Crippen molar-refractivity contribution in [2.24, 2.45) is 5.92 Å². The maximum Gasteiger partial charge on any atom is 0.0347 e. The van der Waals surface area contributed by atoms with Crippen LogP contribution in [0.15, 0.2) is 0 Å². The van der Waals surface area contributed by atoms with Crippen LogP contribution in [-0.4, -0.2) is 22.9 Å². The molecule has 2 atom stereocenters. The molecule has 2 nitrogen and oxygen atoms in total. The van der Waals surface area contributed by atoms with E-state index < -0.39 is 0 Å². The molecule has 0 amide bonds. The number of rotatable bonds is 0. The third kappa shape index (κ3) is 1.43. The summed E-state index contributed by atoms with van der Waals surface area (Å²) in [6.45, 7) is 5.11. The Hall–Kier alpha value is -0.0800. The van der Waals surface area contributed by atoms with Crippen molar-refractivity contribution in [2.45, 2.75) is 32.7 Å². The maximum absolute atomic E-state index is 9.18. The van der Waals surface area contributed by atoms with E-state index in [1.807, 2.05) is 0 Å². The van der Waals surface area contributed by atoms with E-state index in [4.69, 9.17) is 0 Å². The predicted octanol–water partition coefficient (Wildman–Crippen LogP) is 1.50. The molecule has 1 aliphatic heterocycles. The summed E-state index contributed by atoms with van der Waals surface area (Å²) in [5.41, 5.74) is 0. The summed E-state index contributed by atoms with van der Waals surface area (Å²) < 4.78 is 0. The molecule has 1 N–H and O–H groups in total. The van der Waals surface area contributed by atoms with Crippen molar-refractivity contribution in [2.75, 3.05) is 6.54 Å². The first kappa shape index (κ1) is 7.03. The van der Waals surface area contributed by atoms with E-state index in [2.05, 4.69) is 13.8 Å². The monoisotopic (exact) mass is 129 g/mol. The number of hydrogen-bond acceptors (Lipinski definition) is 2. The molecule has 2 heteroatoms. The molecule has 0 saturated carbocycles. The minimum Gasteiger partial charge on any atom is -0.314 e. The smallest absolute Gasteiger partial charge is 0.0347 e. The van der Waals surface area contributed by atoms with Crippen molar-refractivity contribution in [3.05, 3.63) is 0 Å². The number of hydrogen-bond donors (Lipinski definition) is 1. The first-order valence-electron chi connectivity index (χ1n) is 3.67. The molecule has 0 aromatic heterocycles. The largest absolute Gasteiger partial charge is 0.314 e. The van der Waals surface area contributed by atoms with Gasteiger partial charge in [0.25, 0.3) is 0 Å². The van der Waals surface area contributed by atoms with Gasteiger partial charge in [-0.1, -0.05) is 6.92 Å².